The van der Waals surface area contributed by atoms with Gasteiger partial charge in [-0.15, -0.1) is 10.2 Å². The van der Waals surface area contributed by atoms with E-state index < -0.39 is 5.63 Å². The second-order valence-corrected chi connectivity index (χ2v) is 7.23. The van der Waals surface area contributed by atoms with E-state index in [1.807, 2.05) is 42.8 Å². The van der Waals surface area contributed by atoms with Gasteiger partial charge in [-0.05, 0) is 24.6 Å². The van der Waals surface area contributed by atoms with Gasteiger partial charge in [-0.2, -0.15) is 0 Å². The van der Waals surface area contributed by atoms with E-state index in [0.717, 1.165) is 27.5 Å². The summed E-state index contributed by atoms with van der Waals surface area (Å²) in [5.74, 6) is 1.39. The highest BCUT2D eigenvalue weighted by Crippen LogP contribution is 2.29. The van der Waals surface area contributed by atoms with Gasteiger partial charge in [0.05, 0.1) is 0 Å². The minimum atomic E-state index is -0.443. The standard InChI is InChI=1S/C20H17N3O3S/c1-12-3-5-13(6-4-12)19-21-22-20(23(19)2)27-11-14-9-18(25)26-17-10-15(24)7-8-16(14)17/h3-10,24H,11H2,1-2H3. The Morgan fingerprint density at radius 3 is 2.67 bits per heavy atom. The number of hydrogen-bond donors (Lipinski definition) is 1. The lowest BCUT2D eigenvalue weighted by Crippen LogP contribution is -2.00. The molecule has 2 aromatic carbocycles. The summed E-state index contributed by atoms with van der Waals surface area (Å²) in [6, 6.07) is 14.4. The minimum Gasteiger partial charge on any atom is -0.508 e. The molecule has 0 aliphatic rings. The third kappa shape index (κ3) is 3.46. The summed E-state index contributed by atoms with van der Waals surface area (Å²) in [4.78, 5) is 11.8. The molecule has 2 aromatic heterocycles. The number of aryl methyl sites for hydroxylation is 1. The van der Waals surface area contributed by atoms with Gasteiger partial charge in [0.25, 0.3) is 0 Å². The van der Waals surface area contributed by atoms with Crippen molar-refractivity contribution in [3.8, 4) is 17.1 Å². The smallest absolute Gasteiger partial charge is 0.336 e. The summed E-state index contributed by atoms with van der Waals surface area (Å²) in [6.07, 6.45) is 0. The zero-order chi connectivity index (χ0) is 19.0. The van der Waals surface area contributed by atoms with Crippen LogP contribution in [0.5, 0.6) is 5.75 Å². The van der Waals surface area contributed by atoms with Crippen LogP contribution in [0.25, 0.3) is 22.4 Å². The molecule has 0 aliphatic heterocycles. The fourth-order valence-corrected chi connectivity index (χ4v) is 3.78. The Bertz CT molecular complexity index is 1180. The molecule has 0 saturated heterocycles. The highest BCUT2D eigenvalue weighted by atomic mass is 32.2. The molecule has 0 fully saturated rings. The summed E-state index contributed by atoms with van der Waals surface area (Å²) in [5, 5.41) is 19.7. The number of thioether (sulfide) groups is 1. The van der Waals surface area contributed by atoms with E-state index in [2.05, 4.69) is 10.2 Å². The SMILES string of the molecule is Cc1ccc(-c2nnc(SCc3cc(=O)oc4cc(O)ccc34)n2C)cc1. The van der Waals surface area contributed by atoms with E-state index >= 15 is 0 Å². The Hall–Kier alpha value is -3.06. The largest absolute Gasteiger partial charge is 0.508 e. The average molecular weight is 379 g/mol. The maximum absolute atomic E-state index is 11.8. The maximum Gasteiger partial charge on any atom is 0.336 e. The molecule has 0 amide bonds. The third-order valence-electron chi connectivity index (χ3n) is 4.32. The van der Waals surface area contributed by atoms with E-state index in [1.54, 1.807) is 12.1 Å². The van der Waals surface area contributed by atoms with Crippen molar-refractivity contribution in [1.82, 2.24) is 14.8 Å². The van der Waals surface area contributed by atoms with Crippen molar-refractivity contribution < 1.29 is 9.52 Å². The topological polar surface area (TPSA) is 81.2 Å². The zero-order valence-corrected chi connectivity index (χ0v) is 15.7. The lowest BCUT2D eigenvalue weighted by atomic mass is 10.1. The van der Waals surface area contributed by atoms with Gasteiger partial charge in [0, 0.05) is 35.9 Å². The Labute approximate surface area is 159 Å². The van der Waals surface area contributed by atoms with Crippen LogP contribution in [-0.2, 0) is 12.8 Å². The van der Waals surface area contributed by atoms with Gasteiger partial charge >= 0.3 is 5.63 Å². The third-order valence-corrected chi connectivity index (χ3v) is 5.38. The minimum absolute atomic E-state index is 0.0616. The summed E-state index contributed by atoms with van der Waals surface area (Å²) in [5.41, 5.74) is 2.95. The molecule has 4 aromatic rings. The van der Waals surface area contributed by atoms with Gasteiger partial charge in [0.15, 0.2) is 11.0 Å². The van der Waals surface area contributed by atoms with E-state index in [-0.39, 0.29) is 5.75 Å². The van der Waals surface area contributed by atoms with E-state index in [9.17, 15) is 9.90 Å². The zero-order valence-electron chi connectivity index (χ0n) is 14.8. The van der Waals surface area contributed by atoms with Crippen LogP contribution in [0.1, 0.15) is 11.1 Å². The number of phenols is 1. The first-order chi connectivity index (χ1) is 13.0. The molecule has 1 N–H and O–H groups in total. The first-order valence-corrected chi connectivity index (χ1v) is 9.35. The normalized spacial score (nSPS) is 11.2. The maximum atomic E-state index is 11.8. The van der Waals surface area contributed by atoms with Gasteiger partial charge in [-0.1, -0.05) is 41.6 Å². The molecule has 4 rings (SSSR count). The van der Waals surface area contributed by atoms with Crippen molar-refractivity contribution in [3.63, 3.8) is 0 Å². The molecule has 27 heavy (non-hydrogen) atoms. The number of phenolic OH excluding ortho intramolecular Hbond substituents is 1. The first kappa shape index (κ1) is 17.4. The van der Waals surface area contributed by atoms with Crippen LogP contribution in [0, 0.1) is 6.92 Å². The number of aromatic nitrogens is 3. The predicted molar refractivity (Wildman–Crippen MR) is 105 cm³/mol. The van der Waals surface area contributed by atoms with Gasteiger partial charge in [0.2, 0.25) is 0 Å². The van der Waals surface area contributed by atoms with Crippen LogP contribution in [0.3, 0.4) is 0 Å². The molecule has 0 unspecified atom stereocenters. The Morgan fingerprint density at radius 1 is 1.11 bits per heavy atom. The van der Waals surface area contributed by atoms with E-state index in [0.29, 0.717) is 11.3 Å². The van der Waals surface area contributed by atoms with Crippen LogP contribution < -0.4 is 5.63 Å². The number of hydrogen-bond acceptors (Lipinski definition) is 6. The Morgan fingerprint density at radius 2 is 1.89 bits per heavy atom. The number of aromatic hydroxyl groups is 1. The van der Waals surface area contributed by atoms with Gasteiger partial charge < -0.3 is 14.1 Å². The van der Waals surface area contributed by atoms with Crippen molar-refractivity contribution >= 4 is 22.7 Å². The fraction of sp³-hybridized carbons (Fsp3) is 0.150. The quantitative estimate of drug-likeness (QED) is 0.428. The van der Waals surface area contributed by atoms with Crippen molar-refractivity contribution in [2.45, 2.75) is 17.8 Å². The van der Waals surface area contributed by atoms with E-state index in [4.69, 9.17) is 4.42 Å². The number of fused-ring (bicyclic) bond motifs is 1. The Balaban J connectivity index is 1.62. The summed E-state index contributed by atoms with van der Waals surface area (Å²) >= 11 is 1.49. The molecule has 0 spiro atoms. The molecule has 0 radical (unpaired) electrons. The average Bonchev–Trinajstić information content (AvgIpc) is 3.00. The molecular formula is C20H17N3O3S. The molecule has 0 saturated carbocycles. The molecule has 2 heterocycles. The summed E-state index contributed by atoms with van der Waals surface area (Å²) in [7, 11) is 1.92. The summed E-state index contributed by atoms with van der Waals surface area (Å²) in [6.45, 7) is 2.04. The van der Waals surface area contributed by atoms with Gasteiger partial charge in [0.1, 0.15) is 11.3 Å². The van der Waals surface area contributed by atoms with Crippen molar-refractivity contribution in [2.24, 2.45) is 7.05 Å². The molecule has 0 atom stereocenters. The number of rotatable bonds is 4. The van der Waals surface area contributed by atoms with Crippen LogP contribution >= 0.6 is 11.8 Å². The van der Waals surface area contributed by atoms with Crippen LogP contribution in [-0.4, -0.2) is 19.9 Å². The van der Waals surface area contributed by atoms with Crippen LogP contribution in [0.15, 0.2) is 62.9 Å². The lowest BCUT2D eigenvalue weighted by Gasteiger charge is -2.06. The number of benzene rings is 2. The Kier molecular flexibility index (Phi) is 4.45. The predicted octanol–water partition coefficient (Wildman–Crippen LogP) is 3.89. The second kappa shape index (κ2) is 6.92. The monoisotopic (exact) mass is 379 g/mol. The van der Waals surface area contributed by atoms with Crippen LogP contribution in [0.2, 0.25) is 0 Å². The van der Waals surface area contributed by atoms with Gasteiger partial charge in [-0.3, -0.25) is 0 Å². The number of nitrogens with zero attached hydrogens (tertiary/aromatic N) is 3. The lowest BCUT2D eigenvalue weighted by molar-refractivity contribution is 0.473. The highest BCUT2D eigenvalue weighted by molar-refractivity contribution is 7.98. The molecule has 0 bridgehead atoms. The highest BCUT2D eigenvalue weighted by Gasteiger charge is 2.13. The molecule has 136 valence electrons. The van der Waals surface area contributed by atoms with Crippen molar-refractivity contribution in [2.75, 3.05) is 0 Å². The van der Waals surface area contributed by atoms with Crippen LogP contribution in [0.4, 0.5) is 0 Å². The second-order valence-electron chi connectivity index (χ2n) is 6.29. The molecule has 6 nitrogen and oxygen atoms in total. The molecular weight excluding hydrogens is 362 g/mol. The first-order valence-electron chi connectivity index (χ1n) is 8.36. The van der Waals surface area contributed by atoms with Gasteiger partial charge in [-0.25, -0.2) is 4.79 Å². The van der Waals surface area contributed by atoms with Crippen molar-refractivity contribution in [1.29, 1.82) is 0 Å². The summed E-state index contributed by atoms with van der Waals surface area (Å²) < 4.78 is 7.11. The fourth-order valence-electron chi connectivity index (χ4n) is 2.87. The van der Waals surface area contributed by atoms with Crippen molar-refractivity contribution in [3.05, 3.63) is 70.1 Å². The molecule has 7 heteroatoms. The van der Waals surface area contributed by atoms with E-state index in [1.165, 1.54) is 29.5 Å². The molecule has 0 aliphatic carbocycles.